The second-order valence-electron chi connectivity index (χ2n) is 3.98. The summed E-state index contributed by atoms with van der Waals surface area (Å²) < 4.78 is 1.31. The van der Waals surface area contributed by atoms with Crippen LogP contribution < -0.4 is 10.5 Å². The molecule has 5 heteroatoms. The maximum Gasteiger partial charge on any atom is 0.266 e. The average molecular weight is 230 g/mol. The van der Waals surface area contributed by atoms with Crippen LogP contribution in [0.4, 0.5) is 5.82 Å². The zero-order chi connectivity index (χ0) is 12.4. The Morgan fingerprint density at radius 2 is 1.94 bits per heavy atom. The molecule has 2 aromatic heterocycles. The molecule has 0 unspecified atom stereocenters. The summed E-state index contributed by atoms with van der Waals surface area (Å²) >= 11 is 0. The van der Waals surface area contributed by atoms with Gasteiger partial charge in [-0.15, -0.1) is 0 Å². The lowest BCUT2D eigenvalue weighted by Crippen LogP contribution is -2.18. The highest BCUT2D eigenvalue weighted by atomic mass is 16.1. The van der Waals surface area contributed by atoms with E-state index in [-0.39, 0.29) is 5.56 Å². The molecule has 0 spiro atoms. The van der Waals surface area contributed by atoms with Gasteiger partial charge >= 0.3 is 0 Å². The molecule has 0 aliphatic rings. The third-order valence-electron chi connectivity index (χ3n) is 2.46. The van der Waals surface area contributed by atoms with Gasteiger partial charge in [0.15, 0.2) is 0 Å². The molecule has 0 N–H and O–H groups in total. The zero-order valence-corrected chi connectivity index (χ0v) is 10.1. The van der Waals surface area contributed by atoms with Crippen LogP contribution >= 0.6 is 0 Å². The first-order chi connectivity index (χ1) is 8.08. The number of pyridine rings is 1. The van der Waals surface area contributed by atoms with Gasteiger partial charge in [-0.25, -0.2) is 9.67 Å². The summed E-state index contributed by atoms with van der Waals surface area (Å²) in [6.07, 6.45) is 1.75. The number of aryl methyl sites for hydroxylation is 1. The van der Waals surface area contributed by atoms with Gasteiger partial charge in [-0.05, 0) is 18.2 Å². The molecule has 2 heterocycles. The molecule has 0 saturated carbocycles. The molecule has 0 fully saturated rings. The van der Waals surface area contributed by atoms with Crippen molar-refractivity contribution >= 4 is 5.82 Å². The standard InChI is InChI=1S/C12H14N4O/c1-15(2)11-6-4-9(8-13-11)10-5-7-12(17)16(3)14-10/h4-8H,1-3H3. The number of nitrogens with zero attached hydrogens (tertiary/aromatic N) is 4. The van der Waals surface area contributed by atoms with Crippen LogP contribution in [-0.2, 0) is 7.05 Å². The molecule has 0 aliphatic carbocycles. The van der Waals surface area contributed by atoms with Gasteiger partial charge in [0.05, 0.1) is 5.69 Å². The van der Waals surface area contributed by atoms with E-state index in [1.807, 2.05) is 31.1 Å². The minimum atomic E-state index is -0.119. The predicted octanol–water partition coefficient (Wildman–Crippen LogP) is 0.908. The molecule has 0 saturated heterocycles. The lowest BCUT2D eigenvalue weighted by Gasteiger charge is -2.11. The van der Waals surface area contributed by atoms with Crippen molar-refractivity contribution in [3.8, 4) is 11.3 Å². The topological polar surface area (TPSA) is 51.0 Å². The highest BCUT2D eigenvalue weighted by molar-refractivity contribution is 5.59. The van der Waals surface area contributed by atoms with E-state index in [1.165, 1.54) is 10.7 Å². The van der Waals surface area contributed by atoms with Crippen molar-refractivity contribution in [2.24, 2.45) is 7.05 Å². The molecule has 2 rings (SSSR count). The first-order valence-electron chi connectivity index (χ1n) is 5.26. The van der Waals surface area contributed by atoms with E-state index in [0.29, 0.717) is 0 Å². The quantitative estimate of drug-likeness (QED) is 0.769. The molecular formula is C12H14N4O. The summed E-state index contributed by atoms with van der Waals surface area (Å²) in [7, 11) is 5.51. The largest absolute Gasteiger partial charge is 0.363 e. The number of aromatic nitrogens is 3. The summed E-state index contributed by atoms with van der Waals surface area (Å²) in [4.78, 5) is 17.5. The van der Waals surface area contributed by atoms with E-state index in [0.717, 1.165) is 17.1 Å². The second kappa shape index (κ2) is 4.37. The highest BCUT2D eigenvalue weighted by Gasteiger charge is 2.03. The lowest BCUT2D eigenvalue weighted by atomic mass is 10.2. The molecule has 5 nitrogen and oxygen atoms in total. The fourth-order valence-electron chi connectivity index (χ4n) is 1.46. The minimum absolute atomic E-state index is 0.119. The predicted molar refractivity (Wildman–Crippen MR) is 67.0 cm³/mol. The molecule has 17 heavy (non-hydrogen) atoms. The summed E-state index contributed by atoms with van der Waals surface area (Å²) in [5.74, 6) is 0.888. The Balaban J connectivity index is 2.39. The van der Waals surface area contributed by atoms with Crippen LogP contribution in [-0.4, -0.2) is 28.9 Å². The van der Waals surface area contributed by atoms with Gasteiger partial charge in [0, 0.05) is 39.0 Å². The van der Waals surface area contributed by atoms with E-state index >= 15 is 0 Å². The molecule has 2 aromatic rings. The summed E-state index contributed by atoms with van der Waals surface area (Å²) in [5.41, 5.74) is 1.52. The van der Waals surface area contributed by atoms with Crippen LogP contribution in [0.25, 0.3) is 11.3 Å². The number of hydrogen-bond donors (Lipinski definition) is 0. The summed E-state index contributed by atoms with van der Waals surface area (Å²) in [6.45, 7) is 0. The fraction of sp³-hybridized carbons (Fsp3) is 0.250. The maximum absolute atomic E-state index is 11.2. The van der Waals surface area contributed by atoms with Gasteiger partial charge in [-0.3, -0.25) is 4.79 Å². The molecule has 0 aromatic carbocycles. The molecular weight excluding hydrogens is 216 g/mol. The van der Waals surface area contributed by atoms with Crippen molar-refractivity contribution < 1.29 is 0 Å². The first-order valence-corrected chi connectivity index (χ1v) is 5.26. The van der Waals surface area contributed by atoms with E-state index < -0.39 is 0 Å². The third kappa shape index (κ3) is 2.33. The van der Waals surface area contributed by atoms with Crippen LogP contribution in [0, 0.1) is 0 Å². The van der Waals surface area contributed by atoms with Crippen molar-refractivity contribution in [1.82, 2.24) is 14.8 Å². The van der Waals surface area contributed by atoms with Gasteiger partial charge in [0.25, 0.3) is 5.56 Å². The van der Waals surface area contributed by atoms with Crippen molar-refractivity contribution in [1.29, 1.82) is 0 Å². The minimum Gasteiger partial charge on any atom is -0.363 e. The van der Waals surface area contributed by atoms with Gasteiger partial charge in [0.1, 0.15) is 5.82 Å². The van der Waals surface area contributed by atoms with Crippen molar-refractivity contribution in [2.75, 3.05) is 19.0 Å². The van der Waals surface area contributed by atoms with E-state index in [4.69, 9.17) is 0 Å². The normalized spacial score (nSPS) is 10.3. The molecule has 0 aliphatic heterocycles. The van der Waals surface area contributed by atoms with Gasteiger partial charge in [-0.2, -0.15) is 5.10 Å². The summed E-state index contributed by atoms with van der Waals surface area (Å²) in [6, 6.07) is 7.06. The van der Waals surface area contributed by atoms with Gasteiger partial charge in [-0.1, -0.05) is 0 Å². The van der Waals surface area contributed by atoms with Crippen molar-refractivity contribution in [2.45, 2.75) is 0 Å². The van der Waals surface area contributed by atoms with Gasteiger partial charge in [0.2, 0.25) is 0 Å². The second-order valence-corrected chi connectivity index (χ2v) is 3.98. The number of hydrogen-bond acceptors (Lipinski definition) is 4. The summed E-state index contributed by atoms with van der Waals surface area (Å²) in [5, 5.41) is 4.17. The Morgan fingerprint density at radius 3 is 2.47 bits per heavy atom. The number of rotatable bonds is 2. The molecule has 0 amide bonds. The van der Waals surface area contributed by atoms with Crippen molar-refractivity contribution in [3.63, 3.8) is 0 Å². The monoisotopic (exact) mass is 230 g/mol. The van der Waals surface area contributed by atoms with Crippen LogP contribution in [0.1, 0.15) is 0 Å². The maximum atomic E-state index is 11.2. The first kappa shape index (κ1) is 11.3. The Labute approximate surface area is 99.3 Å². The average Bonchev–Trinajstić information content (AvgIpc) is 2.33. The Bertz CT molecular complexity index is 572. The highest BCUT2D eigenvalue weighted by Crippen LogP contribution is 2.16. The van der Waals surface area contributed by atoms with Crippen molar-refractivity contribution in [3.05, 3.63) is 40.8 Å². The molecule has 88 valence electrons. The van der Waals surface area contributed by atoms with Crippen LogP contribution in [0.5, 0.6) is 0 Å². The Kier molecular flexibility index (Phi) is 2.91. The van der Waals surface area contributed by atoms with Crippen LogP contribution in [0.15, 0.2) is 35.3 Å². The smallest absolute Gasteiger partial charge is 0.266 e. The van der Waals surface area contributed by atoms with E-state index in [9.17, 15) is 4.79 Å². The zero-order valence-electron chi connectivity index (χ0n) is 10.1. The van der Waals surface area contributed by atoms with Crippen LogP contribution in [0.2, 0.25) is 0 Å². The third-order valence-corrected chi connectivity index (χ3v) is 2.46. The molecule has 0 radical (unpaired) electrons. The van der Waals surface area contributed by atoms with Gasteiger partial charge < -0.3 is 4.90 Å². The van der Waals surface area contributed by atoms with Crippen LogP contribution in [0.3, 0.4) is 0 Å². The SMILES string of the molecule is CN(C)c1ccc(-c2ccc(=O)n(C)n2)cn1. The van der Waals surface area contributed by atoms with E-state index in [2.05, 4.69) is 10.1 Å². The number of anilines is 1. The fourth-order valence-corrected chi connectivity index (χ4v) is 1.46. The Hall–Kier alpha value is -2.17. The van der Waals surface area contributed by atoms with E-state index in [1.54, 1.807) is 19.3 Å². The Morgan fingerprint density at radius 1 is 1.18 bits per heavy atom. The lowest BCUT2D eigenvalue weighted by molar-refractivity contribution is 0.712. The molecule has 0 bridgehead atoms. The molecule has 0 atom stereocenters.